The smallest absolute Gasteiger partial charge is 0.223 e. The summed E-state index contributed by atoms with van der Waals surface area (Å²) in [5.74, 6) is 0.452. The number of aliphatic hydroxyl groups is 1. The summed E-state index contributed by atoms with van der Waals surface area (Å²) < 4.78 is 5.03. The van der Waals surface area contributed by atoms with Crippen molar-refractivity contribution in [3.8, 4) is 0 Å². The highest BCUT2D eigenvalue weighted by Gasteiger charge is 2.34. The molecule has 0 radical (unpaired) electrons. The summed E-state index contributed by atoms with van der Waals surface area (Å²) in [7, 11) is 0. The van der Waals surface area contributed by atoms with Gasteiger partial charge in [0.2, 0.25) is 5.91 Å². The zero-order chi connectivity index (χ0) is 13.3. The van der Waals surface area contributed by atoms with Crippen LogP contribution in [0.3, 0.4) is 0 Å². The maximum Gasteiger partial charge on any atom is 0.223 e. The van der Waals surface area contributed by atoms with Crippen molar-refractivity contribution >= 4 is 18.3 Å². The van der Waals surface area contributed by atoms with Gasteiger partial charge in [-0.25, -0.2) is 0 Å². The van der Waals surface area contributed by atoms with Crippen LogP contribution in [0.2, 0.25) is 0 Å². The average Bonchev–Trinajstić information content (AvgIpc) is 2.82. The van der Waals surface area contributed by atoms with Gasteiger partial charge < -0.3 is 20.7 Å². The van der Waals surface area contributed by atoms with E-state index in [-0.39, 0.29) is 30.3 Å². The Labute approximate surface area is 118 Å². The van der Waals surface area contributed by atoms with E-state index in [4.69, 9.17) is 10.3 Å². The monoisotopic (exact) mass is 289 g/mol. The second kappa shape index (κ2) is 6.36. The maximum absolute atomic E-state index is 11.9. The molecule has 2 rings (SSSR count). The van der Waals surface area contributed by atoms with Crippen molar-refractivity contribution in [1.29, 1.82) is 0 Å². The topological polar surface area (TPSA) is 101 Å². The third-order valence-corrected chi connectivity index (χ3v) is 3.57. The third kappa shape index (κ3) is 3.46. The highest BCUT2D eigenvalue weighted by molar-refractivity contribution is 5.85. The van der Waals surface area contributed by atoms with Gasteiger partial charge >= 0.3 is 0 Å². The standard InChI is InChI=1S/C12H19N3O3.ClH/c1-6-9(7(2)18-15-6)5-14-12(17)8-3-10(13)11(16)4-8;/h8,10-11,16H,3-5,13H2,1-2H3,(H,14,17);1H/t8-,10+,11+;/m0./s1. The number of rotatable bonds is 3. The van der Waals surface area contributed by atoms with Crippen LogP contribution in [0.4, 0.5) is 0 Å². The fraction of sp³-hybridized carbons (Fsp3) is 0.667. The molecular weight excluding hydrogens is 270 g/mol. The van der Waals surface area contributed by atoms with Crippen molar-refractivity contribution in [2.45, 2.75) is 45.4 Å². The fourth-order valence-electron chi connectivity index (χ4n) is 2.34. The first-order chi connectivity index (χ1) is 8.49. The summed E-state index contributed by atoms with van der Waals surface area (Å²) in [6.45, 7) is 4.06. The molecule has 1 fully saturated rings. The zero-order valence-electron chi connectivity index (χ0n) is 11.0. The lowest BCUT2D eigenvalue weighted by Gasteiger charge is -2.10. The van der Waals surface area contributed by atoms with Gasteiger partial charge in [-0.05, 0) is 26.7 Å². The number of hydrogen-bond acceptors (Lipinski definition) is 5. The fourth-order valence-corrected chi connectivity index (χ4v) is 2.34. The molecule has 108 valence electrons. The largest absolute Gasteiger partial charge is 0.391 e. The molecule has 3 atom stereocenters. The van der Waals surface area contributed by atoms with Crippen LogP contribution < -0.4 is 11.1 Å². The summed E-state index contributed by atoms with van der Waals surface area (Å²) in [4.78, 5) is 11.9. The first-order valence-corrected chi connectivity index (χ1v) is 6.12. The van der Waals surface area contributed by atoms with Crippen molar-refractivity contribution < 1.29 is 14.4 Å². The number of nitrogens with two attached hydrogens (primary N) is 1. The average molecular weight is 290 g/mol. The van der Waals surface area contributed by atoms with Crippen LogP contribution in [0.25, 0.3) is 0 Å². The number of aliphatic hydroxyl groups excluding tert-OH is 1. The van der Waals surface area contributed by atoms with Crippen molar-refractivity contribution in [3.63, 3.8) is 0 Å². The molecule has 6 nitrogen and oxygen atoms in total. The van der Waals surface area contributed by atoms with E-state index in [2.05, 4.69) is 10.5 Å². The molecule has 1 aliphatic rings. The van der Waals surface area contributed by atoms with Crippen LogP contribution in [-0.2, 0) is 11.3 Å². The van der Waals surface area contributed by atoms with Gasteiger partial charge in [0.1, 0.15) is 5.76 Å². The van der Waals surface area contributed by atoms with Crippen LogP contribution in [0, 0.1) is 19.8 Å². The summed E-state index contributed by atoms with van der Waals surface area (Å²) in [5.41, 5.74) is 7.39. The molecule has 4 N–H and O–H groups in total. The maximum atomic E-state index is 11.9. The van der Waals surface area contributed by atoms with Gasteiger partial charge in [-0.2, -0.15) is 0 Å². The van der Waals surface area contributed by atoms with Gasteiger partial charge in [-0.1, -0.05) is 5.16 Å². The normalized spacial score (nSPS) is 26.0. The second-order valence-corrected chi connectivity index (χ2v) is 4.92. The minimum Gasteiger partial charge on any atom is -0.391 e. The van der Waals surface area contributed by atoms with E-state index in [9.17, 15) is 9.90 Å². The van der Waals surface area contributed by atoms with E-state index < -0.39 is 6.10 Å². The van der Waals surface area contributed by atoms with Crippen LogP contribution in [0.1, 0.15) is 29.9 Å². The van der Waals surface area contributed by atoms with Gasteiger partial charge in [0.15, 0.2) is 0 Å². The Morgan fingerprint density at radius 1 is 1.53 bits per heavy atom. The summed E-state index contributed by atoms with van der Waals surface area (Å²) in [5, 5.41) is 16.2. The predicted molar refractivity (Wildman–Crippen MR) is 71.8 cm³/mol. The SMILES string of the molecule is Cc1noc(C)c1CNC(=O)[C@H]1C[C@@H](N)[C@H](O)C1.Cl. The van der Waals surface area contributed by atoms with E-state index in [0.717, 1.165) is 17.0 Å². The molecule has 1 heterocycles. The molecule has 0 aliphatic heterocycles. The molecule has 1 aromatic rings. The predicted octanol–water partition coefficient (Wildman–Crippen LogP) is 0.428. The van der Waals surface area contributed by atoms with E-state index in [1.54, 1.807) is 0 Å². The Hall–Kier alpha value is -1.11. The summed E-state index contributed by atoms with van der Waals surface area (Å²) in [6.07, 6.45) is 0.406. The van der Waals surface area contributed by atoms with Crippen LogP contribution in [0.5, 0.6) is 0 Å². The van der Waals surface area contributed by atoms with E-state index in [0.29, 0.717) is 19.4 Å². The molecule has 0 bridgehead atoms. The molecule has 1 saturated carbocycles. The molecule has 1 amide bonds. The first-order valence-electron chi connectivity index (χ1n) is 6.12. The Kier molecular flexibility index (Phi) is 5.34. The number of halogens is 1. The Morgan fingerprint density at radius 3 is 2.68 bits per heavy atom. The molecule has 1 aliphatic carbocycles. The molecule has 0 aromatic carbocycles. The number of carbonyl (C=O) groups is 1. The minimum absolute atomic E-state index is 0. The van der Waals surface area contributed by atoms with Gasteiger partial charge in [0, 0.05) is 24.1 Å². The highest BCUT2D eigenvalue weighted by atomic mass is 35.5. The van der Waals surface area contributed by atoms with Crippen molar-refractivity contribution in [2.24, 2.45) is 11.7 Å². The van der Waals surface area contributed by atoms with E-state index in [1.165, 1.54) is 0 Å². The molecular formula is C12H20ClN3O3. The molecule has 19 heavy (non-hydrogen) atoms. The first kappa shape index (κ1) is 15.9. The minimum atomic E-state index is -0.570. The number of aryl methyl sites for hydroxylation is 2. The molecule has 1 aromatic heterocycles. The van der Waals surface area contributed by atoms with Crippen LogP contribution in [0.15, 0.2) is 4.52 Å². The van der Waals surface area contributed by atoms with Gasteiger partial charge in [0.05, 0.1) is 11.8 Å². The number of aromatic nitrogens is 1. The summed E-state index contributed by atoms with van der Waals surface area (Å²) in [6, 6.07) is -0.292. The number of nitrogens with zero attached hydrogens (tertiary/aromatic N) is 1. The molecule has 0 unspecified atom stereocenters. The van der Waals surface area contributed by atoms with Crippen molar-refractivity contribution in [2.75, 3.05) is 0 Å². The Balaban J connectivity index is 0.00000180. The summed E-state index contributed by atoms with van der Waals surface area (Å²) >= 11 is 0. The van der Waals surface area contributed by atoms with Crippen LogP contribution in [-0.4, -0.2) is 28.3 Å². The lowest BCUT2D eigenvalue weighted by atomic mass is 10.1. The number of carbonyl (C=O) groups excluding carboxylic acids is 1. The molecule has 7 heteroatoms. The van der Waals surface area contributed by atoms with Gasteiger partial charge in [-0.15, -0.1) is 12.4 Å². The molecule has 0 saturated heterocycles. The number of amides is 1. The number of nitrogens with one attached hydrogen (secondary N) is 1. The zero-order valence-corrected chi connectivity index (χ0v) is 11.9. The lowest BCUT2D eigenvalue weighted by molar-refractivity contribution is -0.125. The van der Waals surface area contributed by atoms with Crippen molar-refractivity contribution in [1.82, 2.24) is 10.5 Å². The van der Waals surface area contributed by atoms with Gasteiger partial charge in [0.25, 0.3) is 0 Å². The van der Waals surface area contributed by atoms with E-state index in [1.807, 2.05) is 13.8 Å². The van der Waals surface area contributed by atoms with Crippen molar-refractivity contribution in [3.05, 3.63) is 17.0 Å². The number of hydrogen-bond donors (Lipinski definition) is 3. The third-order valence-electron chi connectivity index (χ3n) is 3.57. The quantitative estimate of drug-likeness (QED) is 0.749. The lowest BCUT2D eigenvalue weighted by Crippen LogP contribution is -2.30. The van der Waals surface area contributed by atoms with Crippen LogP contribution >= 0.6 is 12.4 Å². The Morgan fingerprint density at radius 2 is 2.21 bits per heavy atom. The highest BCUT2D eigenvalue weighted by Crippen LogP contribution is 2.25. The Bertz CT molecular complexity index is 420. The van der Waals surface area contributed by atoms with E-state index >= 15 is 0 Å². The molecule has 0 spiro atoms. The second-order valence-electron chi connectivity index (χ2n) is 4.92. The van der Waals surface area contributed by atoms with Gasteiger partial charge in [-0.3, -0.25) is 4.79 Å².